The summed E-state index contributed by atoms with van der Waals surface area (Å²) in [7, 11) is 0. The lowest BCUT2D eigenvalue weighted by Crippen LogP contribution is -2.44. The summed E-state index contributed by atoms with van der Waals surface area (Å²) in [5.41, 5.74) is 0. The summed E-state index contributed by atoms with van der Waals surface area (Å²) in [5.74, 6) is 0.703. The van der Waals surface area contributed by atoms with E-state index >= 15 is 0 Å². The number of aromatic nitrogens is 1. The first-order valence-electron chi connectivity index (χ1n) is 7.34. The average Bonchev–Trinajstić information content (AvgIpc) is 3.34. The molecule has 0 bridgehead atoms. The molecular formula is C15H18ClN3O2. The van der Waals surface area contributed by atoms with Crippen LogP contribution in [0.5, 0.6) is 0 Å². The highest BCUT2D eigenvalue weighted by Gasteiger charge is 2.36. The van der Waals surface area contributed by atoms with Crippen LogP contribution in [0, 0.1) is 11.8 Å². The van der Waals surface area contributed by atoms with Crippen LogP contribution in [0.2, 0.25) is 5.02 Å². The molecule has 2 fully saturated rings. The highest BCUT2D eigenvalue weighted by atomic mass is 35.5. The Morgan fingerprint density at radius 1 is 1.24 bits per heavy atom. The predicted octanol–water partition coefficient (Wildman–Crippen LogP) is 2.32. The van der Waals surface area contributed by atoms with Crippen molar-refractivity contribution < 1.29 is 9.59 Å². The molecule has 6 heteroatoms. The quantitative estimate of drug-likeness (QED) is 0.932. The first-order valence-corrected chi connectivity index (χ1v) is 7.72. The summed E-state index contributed by atoms with van der Waals surface area (Å²) in [5, 5.41) is 3.33. The Bertz CT molecular complexity index is 542. The minimum Gasteiger partial charge on any atom is -0.342 e. The van der Waals surface area contributed by atoms with Gasteiger partial charge >= 0.3 is 0 Å². The van der Waals surface area contributed by atoms with E-state index in [1.54, 1.807) is 12.1 Å². The maximum atomic E-state index is 12.3. The number of hydrogen-bond acceptors (Lipinski definition) is 3. The van der Waals surface area contributed by atoms with Gasteiger partial charge in [0.25, 0.3) is 0 Å². The van der Waals surface area contributed by atoms with E-state index in [1.165, 1.54) is 6.20 Å². The Hall–Kier alpha value is -1.62. The molecule has 0 aromatic carbocycles. The molecule has 1 N–H and O–H groups in total. The second kappa shape index (κ2) is 6.02. The van der Waals surface area contributed by atoms with Crippen molar-refractivity contribution in [1.29, 1.82) is 0 Å². The van der Waals surface area contributed by atoms with Gasteiger partial charge in [-0.2, -0.15) is 0 Å². The second-order valence-corrected chi connectivity index (χ2v) is 6.19. The van der Waals surface area contributed by atoms with Gasteiger partial charge in [0, 0.05) is 25.2 Å². The van der Waals surface area contributed by atoms with Gasteiger partial charge in [-0.25, -0.2) is 4.98 Å². The fourth-order valence-corrected chi connectivity index (χ4v) is 2.77. The number of halogens is 1. The van der Waals surface area contributed by atoms with E-state index in [4.69, 9.17) is 11.6 Å². The molecule has 2 heterocycles. The summed E-state index contributed by atoms with van der Waals surface area (Å²) in [6, 6.07) is 3.37. The largest absolute Gasteiger partial charge is 0.342 e. The zero-order valence-corrected chi connectivity index (χ0v) is 12.5. The van der Waals surface area contributed by atoms with Gasteiger partial charge in [-0.1, -0.05) is 11.6 Å². The molecule has 1 saturated heterocycles. The number of anilines is 1. The van der Waals surface area contributed by atoms with E-state index < -0.39 is 0 Å². The highest BCUT2D eigenvalue weighted by Crippen LogP contribution is 2.32. The average molecular weight is 308 g/mol. The number of hydrogen-bond donors (Lipinski definition) is 1. The third kappa shape index (κ3) is 3.53. The van der Waals surface area contributed by atoms with Crippen LogP contribution < -0.4 is 5.32 Å². The van der Waals surface area contributed by atoms with Gasteiger partial charge in [0.05, 0.1) is 10.9 Å². The molecule has 1 aromatic rings. The van der Waals surface area contributed by atoms with Gasteiger partial charge in [0.1, 0.15) is 5.82 Å². The minimum absolute atomic E-state index is 0.0712. The van der Waals surface area contributed by atoms with E-state index in [2.05, 4.69) is 10.3 Å². The van der Waals surface area contributed by atoms with Crippen molar-refractivity contribution in [3.8, 4) is 0 Å². The normalized spacial score (nSPS) is 22.0. The number of carbonyl (C=O) groups excluding carboxylic acids is 2. The monoisotopic (exact) mass is 307 g/mol. The van der Waals surface area contributed by atoms with Crippen LogP contribution in [0.1, 0.15) is 25.7 Å². The van der Waals surface area contributed by atoms with Crippen molar-refractivity contribution in [3.63, 3.8) is 0 Å². The van der Waals surface area contributed by atoms with E-state index in [-0.39, 0.29) is 23.7 Å². The minimum atomic E-state index is -0.154. The highest BCUT2D eigenvalue weighted by molar-refractivity contribution is 6.30. The van der Waals surface area contributed by atoms with E-state index in [0.29, 0.717) is 17.4 Å². The van der Waals surface area contributed by atoms with Crippen LogP contribution in [0.4, 0.5) is 5.82 Å². The van der Waals surface area contributed by atoms with Crippen LogP contribution in [-0.4, -0.2) is 34.8 Å². The van der Waals surface area contributed by atoms with Crippen molar-refractivity contribution in [2.75, 3.05) is 18.4 Å². The maximum Gasteiger partial charge on any atom is 0.230 e. The number of amides is 2. The first kappa shape index (κ1) is 14.3. The van der Waals surface area contributed by atoms with Gasteiger partial charge in [0.15, 0.2) is 0 Å². The Morgan fingerprint density at radius 3 is 2.71 bits per heavy atom. The predicted molar refractivity (Wildman–Crippen MR) is 79.9 cm³/mol. The lowest BCUT2D eigenvalue weighted by atomic mass is 9.96. The third-order valence-electron chi connectivity index (χ3n) is 4.01. The Balaban J connectivity index is 1.58. The fourth-order valence-electron chi connectivity index (χ4n) is 2.66. The van der Waals surface area contributed by atoms with Crippen molar-refractivity contribution >= 4 is 29.2 Å². The van der Waals surface area contributed by atoms with Gasteiger partial charge in [-0.15, -0.1) is 0 Å². The molecule has 1 atom stereocenters. The standard InChI is InChI=1S/C15H18ClN3O2/c16-12-5-6-13(17-8-12)18-14(20)11-2-1-7-19(9-11)15(21)10-3-4-10/h5-6,8,10-11H,1-4,7,9H2,(H,17,18,20). The summed E-state index contributed by atoms with van der Waals surface area (Å²) >= 11 is 5.77. The molecule has 2 amide bonds. The summed E-state index contributed by atoms with van der Waals surface area (Å²) < 4.78 is 0. The molecule has 1 saturated carbocycles. The van der Waals surface area contributed by atoms with Crippen molar-refractivity contribution in [3.05, 3.63) is 23.4 Å². The number of piperidine rings is 1. The zero-order chi connectivity index (χ0) is 14.8. The molecule has 3 rings (SSSR count). The SMILES string of the molecule is O=C(Nc1ccc(Cl)cn1)C1CCCN(C(=O)C2CC2)C1. The van der Waals surface area contributed by atoms with Gasteiger partial charge in [-0.3, -0.25) is 9.59 Å². The second-order valence-electron chi connectivity index (χ2n) is 5.75. The third-order valence-corrected chi connectivity index (χ3v) is 4.23. The molecule has 0 radical (unpaired) electrons. The Morgan fingerprint density at radius 2 is 2.05 bits per heavy atom. The van der Waals surface area contributed by atoms with E-state index in [1.807, 2.05) is 4.90 Å². The van der Waals surface area contributed by atoms with Gasteiger partial charge in [0.2, 0.25) is 11.8 Å². The van der Waals surface area contributed by atoms with Crippen LogP contribution in [0.25, 0.3) is 0 Å². The summed E-state index contributed by atoms with van der Waals surface area (Å²) in [6.07, 6.45) is 5.20. The maximum absolute atomic E-state index is 12.3. The summed E-state index contributed by atoms with van der Waals surface area (Å²) in [6.45, 7) is 1.30. The van der Waals surface area contributed by atoms with Crippen LogP contribution >= 0.6 is 11.6 Å². The number of pyridine rings is 1. The number of carbonyl (C=O) groups is 2. The lowest BCUT2D eigenvalue weighted by molar-refractivity contribution is -0.135. The molecule has 5 nitrogen and oxygen atoms in total. The molecule has 21 heavy (non-hydrogen) atoms. The molecular weight excluding hydrogens is 290 g/mol. The van der Waals surface area contributed by atoms with Gasteiger partial charge < -0.3 is 10.2 Å². The van der Waals surface area contributed by atoms with Gasteiger partial charge in [-0.05, 0) is 37.8 Å². The molecule has 1 aromatic heterocycles. The van der Waals surface area contributed by atoms with E-state index in [9.17, 15) is 9.59 Å². The molecule has 112 valence electrons. The van der Waals surface area contributed by atoms with Crippen molar-refractivity contribution in [2.45, 2.75) is 25.7 Å². The lowest BCUT2D eigenvalue weighted by Gasteiger charge is -2.32. The van der Waals surface area contributed by atoms with Crippen LogP contribution in [0.15, 0.2) is 18.3 Å². The molecule has 1 aliphatic heterocycles. The number of rotatable bonds is 3. The smallest absolute Gasteiger partial charge is 0.230 e. The summed E-state index contributed by atoms with van der Waals surface area (Å²) in [4.78, 5) is 30.3. The fraction of sp³-hybridized carbons (Fsp3) is 0.533. The van der Waals surface area contributed by atoms with Crippen LogP contribution in [0.3, 0.4) is 0 Å². The molecule has 0 spiro atoms. The Kier molecular flexibility index (Phi) is 4.10. The molecule has 1 aliphatic carbocycles. The first-order chi connectivity index (χ1) is 10.1. The van der Waals surface area contributed by atoms with Crippen molar-refractivity contribution in [1.82, 2.24) is 9.88 Å². The molecule has 2 aliphatic rings. The van der Waals surface area contributed by atoms with Crippen molar-refractivity contribution in [2.24, 2.45) is 11.8 Å². The number of nitrogens with zero attached hydrogens (tertiary/aromatic N) is 2. The number of likely N-dealkylation sites (tertiary alicyclic amines) is 1. The molecule has 1 unspecified atom stereocenters. The van der Waals surface area contributed by atoms with Crippen LogP contribution in [-0.2, 0) is 9.59 Å². The zero-order valence-electron chi connectivity index (χ0n) is 11.7. The topological polar surface area (TPSA) is 62.3 Å². The number of nitrogens with one attached hydrogen (secondary N) is 1. The Labute approximate surface area is 128 Å². The van der Waals surface area contributed by atoms with E-state index in [0.717, 1.165) is 32.2 Å².